The van der Waals surface area contributed by atoms with Crippen LogP contribution in [0, 0.1) is 11.3 Å². The molecule has 82 valence electrons. The van der Waals surface area contributed by atoms with E-state index in [-0.39, 0.29) is 0 Å². The third-order valence-corrected chi connectivity index (χ3v) is 3.77. The van der Waals surface area contributed by atoms with Gasteiger partial charge in [0.1, 0.15) is 10.9 Å². The van der Waals surface area contributed by atoms with Crippen molar-refractivity contribution in [1.82, 2.24) is 14.8 Å². The monoisotopic (exact) mass is 240 g/mol. The van der Waals surface area contributed by atoms with Gasteiger partial charge < -0.3 is 0 Å². The average Bonchev–Trinajstić information content (AvgIpc) is 2.91. The average molecular weight is 240 g/mol. The minimum absolute atomic E-state index is 0.682. The highest BCUT2D eigenvalue weighted by atomic mass is 32.1. The van der Waals surface area contributed by atoms with E-state index in [0.29, 0.717) is 5.56 Å². The van der Waals surface area contributed by atoms with Crippen LogP contribution in [0.25, 0.3) is 20.8 Å². The van der Waals surface area contributed by atoms with Gasteiger partial charge in [0.25, 0.3) is 0 Å². The van der Waals surface area contributed by atoms with Gasteiger partial charge in [-0.25, -0.2) is 4.98 Å². The first-order valence-electron chi connectivity index (χ1n) is 5.07. The van der Waals surface area contributed by atoms with E-state index < -0.39 is 0 Å². The molecule has 0 amide bonds. The number of rotatable bonds is 1. The maximum absolute atomic E-state index is 9.29. The molecular weight excluding hydrogens is 232 g/mol. The van der Waals surface area contributed by atoms with Crippen LogP contribution in [0.4, 0.5) is 0 Å². The third kappa shape index (κ3) is 1.42. The Labute approximate surface area is 102 Å². The Morgan fingerprint density at radius 3 is 2.94 bits per heavy atom. The summed E-state index contributed by atoms with van der Waals surface area (Å²) in [4.78, 5) is 6.11. The van der Waals surface area contributed by atoms with Crippen molar-refractivity contribution in [3.8, 4) is 16.6 Å². The van der Waals surface area contributed by atoms with Gasteiger partial charge in [-0.3, -0.25) is 4.68 Å². The molecule has 0 aliphatic heterocycles. The van der Waals surface area contributed by atoms with Crippen molar-refractivity contribution >= 4 is 21.6 Å². The number of nitriles is 1. The standard InChI is InChI=1S/C12H8N4S/c1-16-10(4-6-15-16)11-9(7-13)8-3-2-5-14-12(8)17-11/h2-6H,1H3. The molecule has 0 saturated carbocycles. The fraction of sp³-hybridized carbons (Fsp3) is 0.0833. The van der Waals surface area contributed by atoms with E-state index in [9.17, 15) is 5.26 Å². The largest absolute Gasteiger partial charge is 0.267 e. The fourth-order valence-corrected chi connectivity index (χ4v) is 2.97. The number of thiophene rings is 1. The molecule has 0 spiro atoms. The molecule has 0 bridgehead atoms. The lowest BCUT2D eigenvalue weighted by molar-refractivity contribution is 0.777. The second-order valence-corrected chi connectivity index (χ2v) is 4.61. The summed E-state index contributed by atoms with van der Waals surface area (Å²) in [5.74, 6) is 0. The zero-order valence-electron chi connectivity index (χ0n) is 9.08. The summed E-state index contributed by atoms with van der Waals surface area (Å²) in [7, 11) is 1.87. The van der Waals surface area contributed by atoms with Gasteiger partial charge in [0, 0.05) is 24.8 Å². The zero-order valence-corrected chi connectivity index (χ0v) is 9.90. The molecule has 3 heterocycles. The summed E-state index contributed by atoms with van der Waals surface area (Å²) in [6.45, 7) is 0. The molecule has 3 aromatic heterocycles. The van der Waals surface area contributed by atoms with Gasteiger partial charge in [-0.05, 0) is 18.2 Å². The molecule has 0 saturated heterocycles. The van der Waals surface area contributed by atoms with Crippen molar-refractivity contribution < 1.29 is 0 Å². The summed E-state index contributed by atoms with van der Waals surface area (Å²) in [6.07, 6.45) is 3.47. The summed E-state index contributed by atoms with van der Waals surface area (Å²) >= 11 is 1.53. The molecule has 4 nitrogen and oxygen atoms in total. The molecule has 0 N–H and O–H groups in total. The first-order chi connectivity index (χ1) is 8.31. The van der Waals surface area contributed by atoms with Gasteiger partial charge in [0.2, 0.25) is 0 Å². The molecular formula is C12H8N4S. The molecule has 0 unspecified atom stereocenters. The summed E-state index contributed by atoms with van der Waals surface area (Å²) in [5.41, 5.74) is 1.63. The number of aryl methyl sites for hydroxylation is 1. The second-order valence-electron chi connectivity index (χ2n) is 3.61. The Morgan fingerprint density at radius 2 is 2.24 bits per heavy atom. The van der Waals surface area contributed by atoms with E-state index in [1.165, 1.54) is 11.3 Å². The third-order valence-electron chi connectivity index (χ3n) is 2.63. The van der Waals surface area contributed by atoms with Crippen molar-refractivity contribution in [2.75, 3.05) is 0 Å². The molecule has 5 heteroatoms. The van der Waals surface area contributed by atoms with Crippen LogP contribution in [0.3, 0.4) is 0 Å². The Morgan fingerprint density at radius 1 is 1.35 bits per heavy atom. The van der Waals surface area contributed by atoms with E-state index in [1.807, 2.05) is 25.2 Å². The zero-order chi connectivity index (χ0) is 11.8. The lowest BCUT2D eigenvalue weighted by Crippen LogP contribution is -1.92. The Hall–Kier alpha value is -2.19. The Kier molecular flexibility index (Phi) is 2.16. The van der Waals surface area contributed by atoms with Crippen LogP contribution in [0.2, 0.25) is 0 Å². The van der Waals surface area contributed by atoms with Crippen LogP contribution in [0.5, 0.6) is 0 Å². The molecule has 17 heavy (non-hydrogen) atoms. The quantitative estimate of drug-likeness (QED) is 0.657. The number of hydrogen-bond donors (Lipinski definition) is 0. The van der Waals surface area contributed by atoms with Crippen molar-refractivity contribution in [2.45, 2.75) is 0 Å². The Bertz CT molecular complexity index is 732. The number of pyridine rings is 1. The summed E-state index contributed by atoms with van der Waals surface area (Å²) in [6, 6.07) is 7.95. The van der Waals surface area contributed by atoms with E-state index in [1.54, 1.807) is 17.1 Å². The predicted octanol–water partition coefficient (Wildman–Crippen LogP) is 2.57. The molecule has 3 rings (SSSR count). The predicted molar refractivity (Wildman–Crippen MR) is 66.5 cm³/mol. The fourth-order valence-electron chi connectivity index (χ4n) is 1.82. The van der Waals surface area contributed by atoms with Crippen molar-refractivity contribution in [3.63, 3.8) is 0 Å². The van der Waals surface area contributed by atoms with Gasteiger partial charge in [-0.15, -0.1) is 11.3 Å². The molecule has 0 aliphatic carbocycles. The molecule has 0 atom stereocenters. The SMILES string of the molecule is Cn1nccc1-c1sc2ncccc2c1C#N. The molecule has 0 aromatic carbocycles. The van der Waals surface area contributed by atoms with Crippen LogP contribution in [0.15, 0.2) is 30.6 Å². The smallest absolute Gasteiger partial charge is 0.125 e. The van der Waals surface area contributed by atoms with Crippen LogP contribution in [-0.4, -0.2) is 14.8 Å². The van der Waals surface area contributed by atoms with Gasteiger partial charge in [-0.1, -0.05) is 0 Å². The lowest BCUT2D eigenvalue weighted by atomic mass is 10.1. The van der Waals surface area contributed by atoms with Gasteiger partial charge in [0.15, 0.2) is 0 Å². The van der Waals surface area contributed by atoms with Crippen molar-refractivity contribution in [1.29, 1.82) is 5.26 Å². The number of fused-ring (bicyclic) bond motifs is 1. The van der Waals surface area contributed by atoms with E-state index >= 15 is 0 Å². The van der Waals surface area contributed by atoms with E-state index in [4.69, 9.17) is 0 Å². The normalized spacial score (nSPS) is 10.6. The first-order valence-corrected chi connectivity index (χ1v) is 5.89. The number of nitrogens with zero attached hydrogens (tertiary/aromatic N) is 4. The minimum Gasteiger partial charge on any atom is -0.267 e. The summed E-state index contributed by atoms with van der Waals surface area (Å²) < 4.78 is 1.77. The Balaban J connectivity index is 2.38. The minimum atomic E-state index is 0.682. The van der Waals surface area contributed by atoms with Crippen LogP contribution in [-0.2, 0) is 7.05 Å². The molecule has 3 aromatic rings. The van der Waals surface area contributed by atoms with Gasteiger partial charge in [-0.2, -0.15) is 10.4 Å². The van der Waals surface area contributed by atoms with Crippen LogP contribution in [0.1, 0.15) is 5.56 Å². The highest BCUT2D eigenvalue weighted by molar-refractivity contribution is 7.22. The van der Waals surface area contributed by atoms with Crippen LogP contribution >= 0.6 is 11.3 Å². The van der Waals surface area contributed by atoms with Gasteiger partial charge >= 0.3 is 0 Å². The summed E-state index contributed by atoms with van der Waals surface area (Å²) in [5, 5.41) is 14.3. The molecule has 0 radical (unpaired) electrons. The second kappa shape index (κ2) is 3.68. The lowest BCUT2D eigenvalue weighted by Gasteiger charge is -1.98. The molecule has 0 fully saturated rings. The number of aromatic nitrogens is 3. The molecule has 0 aliphatic rings. The number of hydrogen-bond acceptors (Lipinski definition) is 4. The van der Waals surface area contributed by atoms with E-state index in [2.05, 4.69) is 16.2 Å². The maximum atomic E-state index is 9.29. The van der Waals surface area contributed by atoms with Crippen molar-refractivity contribution in [2.24, 2.45) is 7.05 Å². The first kappa shape index (κ1) is 10.00. The topological polar surface area (TPSA) is 54.5 Å². The van der Waals surface area contributed by atoms with Gasteiger partial charge in [0.05, 0.1) is 16.1 Å². The van der Waals surface area contributed by atoms with Crippen molar-refractivity contribution in [3.05, 3.63) is 36.2 Å². The van der Waals surface area contributed by atoms with E-state index in [0.717, 1.165) is 20.8 Å². The highest BCUT2D eigenvalue weighted by Crippen LogP contribution is 2.36. The highest BCUT2D eigenvalue weighted by Gasteiger charge is 2.16. The maximum Gasteiger partial charge on any atom is 0.125 e. The van der Waals surface area contributed by atoms with Crippen LogP contribution < -0.4 is 0 Å².